The van der Waals surface area contributed by atoms with Crippen molar-refractivity contribution in [3.63, 3.8) is 0 Å². The summed E-state index contributed by atoms with van der Waals surface area (Å²) in [5.74, 6) is 2.00. The van der Waals surface area contributed by atoms with Gasteiger partial charge >= 0.3 is 0 Å². The molecule has 0 saturated carbocycles. The molecule has 1 aromatic carbocycles. The second-order valence-corrected chi connectivity index (χ2v) is 5.35. The molecule has 0 unspecified atom stereocenters. The molecular weight excluding hydrogens is 284 g/mol. The number of rotatable bonds is 6. The maximum absolute atomic E-state index is 5.71. The van der Waals surface area contributed by atoms with Gasteiger partial charge in [0.2, 0.25) is 0 Å². The molecule has 0 saturated heterocycles. The fraction of sp³-hybridized carbons (Fsp3) is 0.200. The fourth-order valence-electron chi connectivity index (χ4n) is 2.00. The van der Waals surface area contributed by atoms with Gasteiger partial charge in [0.15, 0.2) is 11.6 Å². The first kappa shape index (κ1) is 13.6. The van der Waals surface area contributed by atoms with E-state index in [1.807, 2.05) is 24.3 Å². The highest BCUT2D eigenvalue weighted by molar-refractivity contribution is 7.13. The van der Waals surface area contributed by atoms with Gasteiger partial charge in [-0.25, -0.2) is 4.98 Å². The van der Waals surface area contributed by atoms with Crippen LogP contribution in [-0.4, -0.2) is 22.5 Å². The van der Waals surface area contributed by atoms with Gasteiger partial charge in [-0.1, -0.05) is 12.1 Å². The number of hydrogen-bond acceptors (Lipinski definition) is 6. The van der Waals surface area contributed by atoms with Crippen molar-refractivity contribution in [2.45, 2.75) is 6.42 Å². The number of nitrogens with two attached hydrogens (primary N) is 1. The van der Waals surface area contributed by atoms with Crippen molar-refractivity contribution in [2.24, 2.45) is 0 Å². The molecule has 2 aromatic heterocycles. The lowest BCUT2D eigenvalue weighted by Gasteiger charge is -2.08. The van der Waals surface area contributed by atoms with Crippen molar-refractivity contribution in [3.05, 3.63) is 42.6 Å². The topological polar surface area (TPSA) is 73.1 Å². The van der Waals surface area contributed by atoms with Crippen LogP contribution in [0.1, 0.15) is 6.42 Å². The molecule has 3 rings (SSSR count). The van der Waals surface area contributed by atoms with Gasteiger partial charge in [-0.05, 0) is 42.2 Å². The van der Waals surface area contributed by atoms with Gasteiger partial charge in [0.1, 0.15) is 5.82 Å². The quantitative estimate of drug-likeness (QED) is 0.684. The fourth-order valence-corrected chi connectivity index (χ4v) is 2.75. The Bertz CT molecular complexity index is 728. The lowest BCUT2D eigenvalue weighted by atomic mass is 10.2. The van der Waals surface area contributed by atoms with Crippen molar-refractivity contribution in [3.8, 4) is 5.75 Å². The third-order valence-corrected chi connectivity index (χ3v) is 3.87. The number of nitrogens with zero attached hydrogens (tertiary/aromatic N) is 2. The summed E-state index contributed by atoms with van der Waals surface area (Å²) in [5, 5.41) is 4.51. The van der Waals surface area contributed by atoms with Crippen molar-refractivity contribution in [1.29, 1.82) is 0 Å². The number of benzene rings is 1. The minimum Gasteiger partial charge on any atom is -0.490 e. The number of fused-ring (bicyclic) bond motifs is 1. The zero-order valence-electron chi connectivity index (χ0n) is 11.5. The number of aromatic nitrogens is 2. The number of ether oxygens (including phenoxy) is 1. The third kappa shape index (κ3) is 3.22. The summed E-state index contributed by atoms with van der Waals surface area (Å²) in [6, 6.07) is 11.8. The molecule has 0 radical (unpaired) electrons. The zero-order chi connectivity index (χ0) is 14.5. The van der Waals surface area contributed by atoms with Gasteiger partial charge in [0.05, 0.1) is 11.3 Å². The van der Waals surface area contributed by atoms with Crippen molar-refractivity contribution >= 4 is 33.3 Å². The molecule has 0 atom stereocenters. The van der Waals surface area contributed by atoms with Crippen LogP contribution in [0.2, 0.25) is 0 Å². The number of anilines is 2. The first-order valence-electron chi connectivity index (χ1n) is 6.76. The molecule has 0 spiro atoms. The van der Waals surface area contributed by atoms with E-state index in [9.17, 15) is 0 Å². The summed E-state index contributed by atoms with van der Waals surface area (Å²) in [6.45, 7) is 1.39. The van der Waals surface area contributed by atoms with Crippen LogP contribution in [0.3, 0.4) is 0 Å². The van der Waals surface area contributed by atoms with E-state index in [4.69, 9.17) is 10.5 Å². The second kappa shape index (κ2) is 6.41. The Balaban J connectivity index is 1.47. The molecule has 6 heteroatoms. The first-order valence-corrected chi connectivity index (χ1v) is 7.53. The van der Waals surface area contributed by atoms with Crippen molar-refractivity contribution in [1.82, 2.24) is 9.36 Å². The van der Waals surface area contributed by atoms with Gasteiger partial charge in [0, 0.05) is 18.1 Å². The third-order valence-electron chi connectivity index (χ3n) is 3.05. The van der Waals surface area contributed by atoms with Crippen LogP contribution in [0, 0.1) is 0 Å². The monoisotopic (exact) mass is 300 g/mol. The Kier molecular flexibility index (Phi) is 4.16. The van der Waals surface area contributed by atoms with E-state index >= 15 is 0 Å². The molecule has 108 valence electrons. The maximum atomic E-state index is 5.71. The van der Waals surface area contributed by atoms with E-state index in [0.29, 0.717) is 18.2 Å². The lowest BCUT2D eigenvalue weighted by Crippen LogP contribution is -2.08. The lowest BCUT2D eigenvalue weighted by molar-refractivity contribution is 0.315. The molecule has 3 aromatic rings. The number of hydrogen-bond donors (Lipinski definition) is 2. The predicted molar refractivity (Wildman–Crippen MR) is 86.9 cm³/mol. The largest absolute Gasteiger partial charge is 0.490 e. The van der Waals surface area contributed by atoms with E-state index in [0.717, 1.165) is 18.8 Å². The molecule has 0 aliphatic rings. The standard InChI is InChI=1S/C15H16N4OS/c16-14-12(6-3-8-17-14)20-10-4-9-18-15-11-5-1-2-7-13(11)21-19-15/h1-3,5-8H,4,9-10H2,(H2,16,17)(H,18,19). The van der Waals surface area contributed by atoms with Crippen molar-refractivity contribution < 1.29 is 4.74 Å². The average Bonchev–Trinajstić information content (AvgIpc) is 2.92. The zero-order valence-corrected chi connectivity index (χ0v) is 12.3. The second-order valence-electron chi connectivity index (χ2n) is 4.54. The molecule has 21 heavy (non-hydrogen) atoms. The molecule has 2 heterocycles. The van der Waals surface area contributed by atoms with E-state index in [1.165, 1.54) is 21.6 Å². The van der Waals surface area contributed by atoms with Crippen molar-refractivity contribution in [2.75, 3.05) is 24.2 Å². The first-order chi connectivity index (χ1) is 10.3. The number of nitrogens with one attached hydrogen (secondary N) is 1. The minimum absolute atomic E-state index is 0.427. The highest BCUT2D eigenvalue weighted by Crippen LogP contribution is 2.26. The summed E-state index contributed by atoms with van der Waals surface area (Å²) in [7, 11) is 0. The molecular formula is C15H16N4OS. The number of pyridine rings is 1. The van der Waals surface area contributed by atoms with Gasteiger partial charge in [-0.15, -0.1) is 0 Å². The molecule has 0 bridgehead atoms. The van der Waals surface area contributed by atoms with Crippen LogP contribution >= 0.6 is 11.5 Å². The maximum Gasteiger partial charge on any atom is 0.166 e. The molecule has 0 amide bonds. The summed E-state index contributed by atoms with van der Waals surface area (Å²) in [4.78, 5) is 3.98. The average molecular weight is 300 g/mol. The number of nitrogen functional groups attached to an aromatic ring is 1. The molecule has 0 aliphatic carbocycles. The predicted octanol–water partition coefficient (Wildman–Crippen LogP) is 3.15. The Hall–Kier alpha value is -2.34. The van der Waals surface area contributed by atoms with E-state index in [2.05, 4.69) is 26.8 Å². The van der Waals surface area contributed by atoms with Gasteiger partial charge in [-0.2, -0.15) is 4.37 Å². The Morgan fingerprint density at radius 3 is 3.00 bits per heavy atom. The van der Waals surface area contributed by atoms with Crippen LogP contribution < -0.4 is 15.8 Å². The van der Waals surface area contributed by atoms with Gasteiger partial charge < -0.3 is 15.8 Å². The van der Waals surface area contributed by atoms with Crippen LogP contribution in [0.4, 0.5) is 11.6 Å². The molecule has 5 nitrogen and oxygen atoms in total. The Morgan fingerprint density at radius 1 is 1.19 bits per heavy atom. The summed E-state index contributed by atoms with van der Waals surface area (Å²) >= 11 is 1.51. The molecule has 3 N–H and O–H groups in total. The Labute approximate surface area is 126 Å². The highest BCUT2D eigenvalue weighted by Gasteiger charge is 2.04. The van der Waals surface area contributed by atoms with Crippen LogP contribution in [-0.2, 0) is 0 Å². The molecule has 0 aliphatic heterocycles. The summed E-state index contributed by atoms with van der Waals surface area (Å²) in [6.07, 6.45) is 2.51. The van der Waals surface area contributed by atoms with Crippen LogP contribution in [0.5, 0.6) is 5.75 Å². The van der Waals surface area contributed by atoms with E-state index < -0.39 is 0 Å². The summed E-state index contributed by atoms with van der Waals surface area (Å²) in [5.41, 5.74) is 5.71. The SMILES string of the molecule is Nc1ncccc1OCCCNc1nsc2ccccc12. The van der Waals surface area contributed by atoms with Crippen LogP contribution in [0.15, 0.2) is 42.6 Å². The highest BCUT2D eigenvalue weighted by atomic mass is 32.1. The normalized spacial score (nSPS) is 10.7. The summed E-state index contributed by atoms with van der Waals surface area (Å²) < 4.78 is 11.2. The van der Waals surface area contributed by atoms with Gasteiger partial charge in [-0.3, -0.25) is 0 Å². The van der Waals surface area contributed by atoms with Gasteiger partial charge in [0.25, 0.3) is 0 Å². The molecule has 0 fully saturated rings. The smallest absolute Gasteiger partial charge is 0.166 e. The van der Waals surface area contributed by atoms with Crippen LogP contribution in [0.25, 0.3) is 10.1 Å². The van der Waals surface area contributed by atoms with E-state index in [1.54, 1.807) is 6.20 Å². The minimum atomic E-state index is 0.427. The Morgan fingerprint density at radius 2 is 2.10 bits per heavy atom. The van der Waals surface area contributed by atoms with E-state index in [-0.39, 0.29) is 0 Å².